The predicted octanol–water partition coefficient (Wildman–Crippen LogP) is 1.22. The molecular formula is C17H20N2O5. The topological polar surface area (TPSA) is 84.9 Å². The SMILES string of the molecule is O=C(CN1C(=O)CC2(CCNCC2)OC1=O)OCc1ccccc1. The van der Waals surface area contributed by atoms with Crippen LogP contribution >= 0.6 is 0 Å². The highest BCUT2D eigenvalue weighted by Gasteiger charge is 2.46. The van der Waals surface area contributed by atoms with Crippen molar-refractivity contribution in [3.8, 4) is 0 Å². The molecule has 7 nitrogen and oxygen atoms in total. The number of benzene rings is 1. The van der Waals surface area contributed by atoms with Gasteiger partial charge in [-0.05, 0) is 18.7 Å². The van der Waals surface area contributed by atoms with Gasteiger partial charge in [0.1, 0.15) is 18.8 Å². The molecule has 1 aromatic rings. The fourth-order valence-electron chi connectivity index (χ4n) is 2.98. The number of nitrogens with zero attached hydrogens (tertiary/aromatic N) is 1. The van der Waals surface area contributed by atoms with Crippen molar-refractivity contribution in [1.29, 1.82) is 0 Å². The summed E-state index contributed by atoms with van der Waals surface area (Å²) < 4.78 is 10.6. The number of nitrogens with one attached hydrogen (secondary N) is 1. The second-order valence-electron chi connectivity index (χ2n) is 6.10. The molecule has 0 saturated carbocycles. The standard InChI is InChI=1S/C17H20N2O5/c20-14-10-17(6-8-18-9-7-17)24-16(22)19(14)11-15(21)23-12-13-4-2-1-3-5-13/h1-5,18H,6-12H2. The predicted molar refractivity (Wildman–Crippen MR) is 83.9 cm³/mol. The lowest BCUT2D eigenvalue weighted by Crippen LogP contribution is -2.57. The lowest BCUT2D eigenvalue weighted by Gasteiger charge is -2.41. The third-order valence-corrected chi connectivity index (χ3v) is 4.34. The summed E-state index contributed by atoms with van der Waals surface area (Å²) >= 11 is 0. The van der Waals surface area contributed by atoms with E-state index in [4.69, 9.17) is 9.47 Å². The molecule has 3 rings (SSSR count). The molecule has 2 aliphatic heterocycles. The Labute approximate surface area is 139 Å². The Morgan fingerprint density at radius 3 is 2.58 bits per heavy atom. The van der Waals surface area contributed by atoms with Gasteiger partial charge in [-0.15, -0.1) is 0 Å². The van der Waals surface area contributed by atoms with Gasteiger partial charge in [0, 0.05) is 12.8 Å². The van der Waals surface area contributed by atoms with Gasteiger partial charge >= 0.3 is 12.1 Å². The highest BCUT2D eigenvalue weighted by atomic mass is 16.6. The maximum Gasteiger partial charge on any atom is 0.417 e. The van der Waals surface area contributed by atoms with Crippen molar-refractivity contribution in [2.45, 2.75) is 31.5 Å². The van der Waals surface area contributed by atoms with Crippen molar-refractivity contribution in [3.05, 3.63) is 35.9 Å². The molecule has 2 heterocycles. The van der Waals surface area contributed by atoms with Gasteiger partial charge in [0.2, 0.25) is 5.91 Å². The van der Waals surface area contributed by atoms with Crippen LogP contribution < -0.4 is 5.32 Å². The molecule has 24 heavy (non-hydrogen) atoms. The van der Waals surface area contributed by atoms with Crippen LogP contribution in [0, 0.1) is 0 Å². The van der Waals surface area contributed by atoms with Crippen LogP contribution in [0.2, 0.25) is 0 Å². The number of ether oxygens (including phenoxy) is 2. The molecule has 2 fully saturated rings. The smallest absolute Gasteiger partial charge is 0.417 e. The number of imide groups is 1. The maximum absolute atomic E-state index is 12.3. The van der Waals surface area contributed by atoms with Crippen molar-refractivity contribution >= 4 is 18.0 Å². The Hall–Kier alpha value is -2.41. The molecule has 0 radical (unpaired) electrons. The molecule has 2 aliphatic rings. The van der Waals surface area contributed by atoms with Gasteiger partial charge in [-0.1, -0.05) is 30.3 Å². The van der Waals surface area contributed by atoms with Gasteiger partial charge in [-0.3, -0.25) is 9.59 Å². The highest BCUT2D eigenvalue weighted by Crippen LogP contribution is 2.32. The van der Waals surface area contributed by atoms with Crippen LogP contribution in [0.1, 0.15) is 24.8 Å². The van der Waals surface area contributed by atoms with Crippen LogP contribution in [0.5, 0.6) is 0 Å². The summed E-state index contributed by atoms with van der Waals surface area (Å²) in [4.78, 5) is 37.2. The number of esters is 1. The van der Waals surface area contributed by atoms with Crippen molar-refractivity contribution in [3.63, 3.8) is 0 Å². The lowest BCUT2D eigenvalue weighted by atomic mass is 9.87. The van der Waals surface area contributed by atoms with E-state index in [1.807, 2.05) is 30.3 Å². The Kier molecular flexibility index (Phi) is 4.80. The average molecular weight is 332 g/mol. The van der Waals surface area contributed by atoms with Crippen LogP contribution in [0.4, 0.5) is 4.79 Å². The fraction of sp³-hybridized carbons (Fsp3) is 0.471. The largest absolute Gasteiger partial charge is 0.459 e. The molecule has 0 bridgehead atoms. The molecule has 1 N–H and O–H groups in total. The summed E-state index contributed by atoms with van der Waals surface area (Å²) in [5, 5.41) is 3.17. The zero-order valence-electron chi connectivity index (χ0n) is 13.3. The van der Waals surface area contributed by atoms with Crippen molar-refractivity contribution < 1.29 is 23.9 Å². The van der Waals surface area contributed by atoms with E-state index < -0.39 is 24.2 Å². The van der Waals surface area contributed by atoms with E-state index in [1.54, 1.807) is 0 Å². The summed E-state index contributed by atoms with van der Waals surface area (Å²) in [5.74, 6) is -1.02. The van der Waals surface area contributed by atoms with Crippen LogP contribution in [0.15, 0.2) is 30.3 Å². The van der Waals surface area contributed by atoms with Gasteiger partial charge in [0.25, 0.3) is 0 Å². The third kappa shape index (κ3) is 3.73. The number of hydrogen-bond donors (Lipinski definition) is 1. The minimum atomic E-state index is -0.759. The molecule has 0 aliphatic carbocycles. The Balaban J connectivity index is 1.54. The van der Waals surface area contributed by atoms with Crippen LogP contribution in [-0.4, -0.2) is 48.1 Å². The van der Waals surface area contributed by atoms with Crippen LogP contribution in [-0.2, 0) is 25.7 Å². The van der Waals surface area contributed by atoms with Gasteiger partial charge in [-0.2, -0.15) is 0 Å². The zero-order chi connectivity index (χ0) is 17.0. The Bertz CT molecular complexity index is 605. The van der Waals surface area contributed by atoms with E-state index in [9.17, 15) is 14.4 Å². The van der Waals surface area contributed by atoms with Crippen molar-refractivity contribution in [1.82, 2.24) is 10.2 Å². The minimum Gasteiger partial charge on any atom is -0.459 e. The number of hydrogen-bond acceptors (Lipinski definition) is 6. The minimum absolute atomic E-state index is 0.104. The quantitative estimate of drug-likeness (QED) is 0.835. The number of amides is 2. The summed E-state index contributed by atoms with van der Waals surface area (Å²) in [6.45, 7) is 1.10. The first-order valence-corrected chi connectivity index (χ1v) is 8.02. The molecule has 1 aromatic carbocycles. The van der Waals surface area contributed by atoms with Crippen molar-refractivity contribution in [2.24, 2.45) is 0 Å². The number of carbonyl (C=O) groups excluding carboxylic acids is 3. The van der Waals surface area contributed by atoms with Gasteiger partial charge in [-0.25, -0.2) is 9.69 Å². The van der Waals surface area contributed by atoms with E-state index in [0.717, 1.165) is 10.5 Å². The number of piperidine rings is 1. The summed E-state index contributed by atoms with van der Waals surface area (Å²) in [6.07, 6.45) is 0.574. The van der Waals surface area contributed by atoms with E-state index >= 15 is 0 Å². The number of carbonyl (C=O) groups is 3. The Morgan fingerprint density at radius 2 is 1.92 bits per heavy atom. The first-order chi connectivity index (χ1) is 11.6. The molecule has 0 aromatic heterocycles. The zero-order valence-corrected chi connectivity index (χ0v) is 13.3. The van der Waals surface area contributed by atoms with E-state index in [1.165, 1.54) is 0 Å². The molecule has 0 unspecified atom stereocenters. The number of rotatable bonds is 4. The molecule has 0 atom stereocenters. The van der Waals surface area contributed by atoms with Gasteiger partial charge in [0.05, 0.1) is 6.42 Å². The fourth-order valence-corrected chi connectivity index (χ4v) is 2.98. The third-order valence-electron chi connectivity index (χ3n) is 4.34. The molecule has 2 saturated heterocycles. The summed E-state index contributed by atoms with van der Waals surface area (Å²) in [7, 11) is 0. The first-order valence-electron chi connectivity index (χ1n) is 8.02. The monoisotopic (exact) mass is 332 g/mol. The summed E-state index contributed by atoms with van der Waals surface area (Å²) in [5.41, 5.74) is 0.121. The highest BCUT2D eigenvalue weighted by molar-refractivity contribution is 5.97. The van der Waals surface area contributed by atoms with E-state index in [2.05, 4.69) is 5.32 Å². The second-order valence-corrected chi connectivity index (χ2v) is 6.10. The Morgan fingerprint density at radius 1 is 1.21 bits per heavy atom. The van der Waals surface area contributed by atoms with Crippen molar-refractivity contribution in [2.75, 3.05) is 19.6 Å². The van der Waals surface area contributed by atoms with E-state index in [0.29, 0.717) is 25.9 Å². The average Bonchev–Trinajstić information content (AvgIpc) is 2.58. The van der Waals surface area contributed by atoms with Crippen LogP contribution in [0.25, 0.3) is 0 Å². The molecule has 1 spiro atoms. The van der Waals surface area contributed by atoms with E-state index in [-0.39, 0.29) is 18.9 Å². The molecule has 2 amide bonds. The molecular weight excluding hydrogens is 312 g/mol. The maximum atomic E-state index is 12.3. The molecule has 128 valence electrons. The van der Waals surface area contributed by atoms with Crippen LogP contribution in [0.3, 0.4) is 0 Å². The van der Waals surface area contributed by atoms with Gasteiger partial charge in [0.15, 0.2) is 0 Å². The lowest BCUT2D eigenvalue weighted by molar-refractivity contribution is -0.157. The molecule has 7 heteroatoms. The normalized spacial score (nSPS) is 19.9. The summed E-state index contributed by atoms with van der Waals surface area (Å²) in [6, 6.07) is 9.20. The first kappa shape index (κ1) is 16.4. The second kappa shape index (κ2) is 7.00. The van der Waals surface area contributed by atoms with Gasteiger partial charge < -0.3 is 14.8 Å².